The summed E-state index contributed by atoms with van der Waals surface area (Å²) in [5, 5.41) is 13.7. The van der Waals surface area contributed by atoms with Gasteiger partial charge >= 0.3 is 0 Å². The lowest BCUT2D eigenvalue weighted by atomic mass is 10.0. The van der Waals surface area contributed by atoms with Crippen molar-refractivity contribution in [3.63, 3.8) is 0 Å². The van der Waals surface area contributed by atoms with Crippen LogP contribution in [0, 0.1) is 6.92 Å². The summed E-state index contributed by atoms with van der Waals surface area (Å²) in [6.07, 6.45) is -0.147. The van der Waals surface area contributed by atoms with Crippen LogP contribution in [0.5, 0.6) is 5.75 Å². The molecule has 1 aliphatic rings. The predicted octanol–water partition coefficient (Wildman–Crippen LogP) is 2.01. The van der Waals surface area contributed by atoms with E-state index >= 15 is 0 Å². The Bertz CT molecular complexity index is 362. The van der Waals surface area contributed by atoms with Gasteiger partial charge in [0, 0.05) is 18.7 Å². The largest absolute Gasteiger partial charge is 0.507 e. The molecule has 1 unspecified atom stereocenters. The van der Waals surface area contributed by atoms with E-state index in [4.69, 9.17) is 16.3 Å². The first-order valence-corrected chi connectivity index (χ1v) is 5.38. The van der Waals surface area contributed by atoms with Crippen LogP contribution in [0.2, 0.25) is 5.02 Å². The maximum absolute atomic E-state index is 9.94. The fourth-order valence-electron chi connectivity index (χ4n) is 1.75. The average molecular weight is 228 g/mol. The average Bonchev–Trinajstić information content (AvgIpc) is 2.26. The van der Waals surface area contributed by atoms with E-state index in [-0.39, 0.29) is 11.9 Å². The minimum atomic E-state index is -0.147. The molecule has 0 amide bonds. The van der Waals surface area contributed by atoms with E-state index in [0.29, 0.717) is 23.7 Å². The molecule has 1 saturated heterocycles. The van der Waals surface area contributed by atoms with E-state index in [1.807, 2.05) is 6.92 Å². The highest BCUT2D eigenvalue weighted by molar-refractivity contribution is 6.31. The van der Waals surface area contributed by atoms with E-state index in [1.54, 1.807) is 12.1 Å². The minimum Gasteiger partial charge on any atom is -0.507 e. The van der Waals surface area contributed by atoms with Gasteiger partial charge in [-0.25, -0.2) is 0 Å². The zero-order chi connectivity index (χ0) is 10.8. The Balaban J connectivity index is 2.36. The van der Waals surface area contributed by atoms with Gasteiger partial charge in [0.25, 0.3) is 0 Å². The number of ether oxygens (including phenoxy) is 1. The van der Waals surface area contributed by atoms with Crippen molar-refractivity contribution < 1.29 is 9.84 Å². The molecule has 2 N–H and O–H groups in total. The Morgan fingerprint density at radius 3 is 3.00 bits per heavy atom. The number of phenols is 1. The molecule has 1 fully saturated rings. The second kappa shape index (κ2) is 4.39. The van der Waals surface area contributed by atoms with E-state index in [9.17, 15) is 5.11 Å². The van der Waals surface area contributed by atoms with Crippen LogP contribution in [-0.4, -0.2) is 24.8 Å². The molecule has 1 atom stereocenters. The second-order valence-electron chi connectivity index (χ2n) is 3.69. The lowest BCUT2D eigenvalue weighted by Gasteiger charge is -2.25. The van der Waals surface area contributed by atoms with E-state index in [0.717, 1.165) is 12.1 Å². The molecule has 1 heterocycles. The van der Waals surface area contributed by atoms with Crippen LogP contribution >= 0.6 is 11.6 Å². The van der Waals surface area contributed by atoms with Crippen LogP contribution < -0.4 is 5.32 Å². The van der Waals surface area contributed by atoms with Crippen LogP contribution in [0.25, 0.3) is 0 Å². The molecule has 0 aliphatic carbocycles. The second-order valence-corrected chi connectivity index (χ2v) is 4.10. The van der Waals surface area contributed by atoms with Crippen molar-refractivity contribution in [2.24, 2.45) is 0 Å². The summed E-state index contributed by atoms with van der Waals surface area (Å²) < 4.78 is 5.57. The quantitative estimate of drug-likeness (QED) is 0.771. The summed E-state index contributed by atoms with van der Waals surface area (Å²) in [7, 11) is 0. The third kappa shape index (κ3) is 2.09. The first-order valence-electron chi connectivity index (χ1n) is 5.00. The highest BCUT2D eigenvalue weighted by Crippen LogP contribution is 2.36. The Hall–Kier alpha value is -0.770. The Labute approximate surface area is 94.0 Å². The normalized spacial score (nSPS) is 21.6. The number of phenolic OH excluding ortho intramolecular Hbond substituents is 1. The third-order valence-electron chi connectivity index (χ3n) is 2.62. The van der Waals surface area contributed by atoms with Crippen molar-refractivity contribution in [2.75, 3.05) is 19.7 Å². The lowest BCUT2D eigenvalue weighted by Crippen LogP contribution is -2.33. The molecule has 0 bridgehead atoms. The summed E-state index contributed by atoms with van der Waals surface area (Å²) in [6, 6.07) is 3.60. The predicted molar refractivity (Wildman–Crippen MR) is 59.4 cm³/mol. The smallest absolute Gasteiger partial charge is 0.125 e. The van der Waals surface area contributed by atoms with Crippen molar-refractivity contribution in [3.05, 3.63) is 28.3 Å². The van der Waals surface area contributed by atoms with Gasteiger partial charge in [-0.1, -0.05) is 17.7 Å². The topological polar surface area (TPSA) is 41.5 Å². The van der Waals surface area contributed by atoms with Crippen molar-refractivity contribution in [2.45, 2.75) is 13.0 Å². The lowest BCUT2D eigenvalue weighted by molar-refractivity contribution is 0.0263. The standard InChI is InChI=1S/C11H14ClNO2/c1-7-2-3-8(12)10(11(7)14)9-6-13-4-5-15-9/h2-3,9,13-14H,4-6H2,1H3. The number of benzene rings is 1. The monoisotopic (exact) mass is 227 g/mol. The maximum Gasteiger partial charge on any atom is 0.125 e. The van der Waals surface area contributed by atoms with Crippen molar-refractivity contribution in [1.82, 2.24) is 5.32 Å². The molecule has 1 aromatic carbocycles. The van der Waals surface area contributed by atoms with Crippen LogP contribution in [-0.2, 0) is 4.74 Å². The summed E-state index contributed by atoms with van der Waals surface area (Å²) in [5.41, 5.74) is 1.52. The van der Waals surface area contributed by atoms with Crippen LogP contribution in [0.3, 0.4) is 0 Å². The van der Waals surface area contributed by atoms with Gasteiger partial charge in [0.2, 0.25) is 0 Å². The number of hydrogen-bond acceptors (Lipinski definition) is 3. The molecule has 3 nitrogen and oxygen atoms in total. The van der Waals surface area contributed by atoms with Crippen molar-refractivity contribution in [1.29, 1.82) is 0 Å². The van der Waals surface area contributed by atoms with Gasteiger partial charge in [0.05, 0.1) is 17.7 Å². The van der Waals surface area contributed by atoms with Gasteiger partial charge in [0.15, 0.2) is 0 Å². The van der Waals surface area contributed by atoms with Gasteiger partial charge in [0.1, 0.15) is 5.75 Å². The summed E-state index contributed by atoms with van der Waals surface area (Å²) in [4.78, 5) is 0. The van der Waals surface area contributed by atoms with Gasteiger partial charge < -0.3 is 15.2 Å². The van der Waals surface area contributed by atoms with Crippen LogP contribution in [0.15, 0.2) is 12.1 Å². The van der Waals surface area contributed by atoms with E-state index < -0.39 is 0 Å². The van der Waals surface area contributed by atoms with E-state index in [2.05, 4.69) is 5.32 Å². The zero-order valence-corrected chi connectivity index (χ0v) is 9.34. The number of hydrogen-bond donors (Lipinski definition) is 2. The highest BCUT2D eigenvalue weighted by Gasteiger charge is 2.22. The van der Waals surface area contributed by atoms with Gasteiger partial charge in [-0.2, -0.15) is 0 Å². The molecular formula is C11H14ClNO2. The zero-order valence-electron chi connectivity index (χ0n) is 8.59. The van der Waals surface area contributed by atoms with Gasteiger partial charge in [-0.3, -0.25) is 0 Å². The Morgan fingerprint density at radius 2 is 2.33 bits per heavy atom. The van der Waals surface area contributed by atoms with Gasteiger partial charge in [-0.15, -0.1) is 0 Å². The number of nitrogens with one attached hydrogen (secondary N) is 1. The molecule has 1 aliphatic heterocycles. The molecule has 82 valence electrons. The Morgan fingerprint density at radius 1 is 1.53 bits per heavy atom. The fourth-order valence-corrected chi connectivity index (χ4v) is 2.02. The van der Waals surface area contributed by atoms with Crippen molar-refractivity contribution >= 4 is 11.6 Å². The first kappa shape index (κ1) is 10.7. The molecule has 2 rings (SSSR count). The molecule has 15 heavy (non-hydrogen) atoms. The summed E-state index contributed by atoms with van der Waals surface area (Å²) in [5.74, 6) is 0.246. The molecule has 1 aromatic rings. The number of rotatable bonds is 1. The van der Waals surface area contributed by atoms with Crippen LogP contribution in [0.4, 0.5) is 0 Å². The third-order valence-corrected chi connectivity index (χ3v) is 2.94. The van der Waals surface area contributed by atoms with Gasteiger partial charge in [-0.05, 0) is 18.6 Å². The number of aromatic hydroxyl groups is 1. The minimum absolute atomic E-state index is 0.147. The Kier molecular flexibility index (Phi) is 3.14. The molecule has 0 radical (unpaired) electrons. The summed E-state index contributed by atoms with van der Waals surface area (Å²) >= 11 is 6.07. The summed E-state index contributed by atoms with van der Waals surface area (Å²) in [6.45, 7) is 4.04. The molecule has 0 spiro atoms. The number of aryl methyl sites for hydroxylation is 1. The SMILES string of the molecule is Cc1ccc(Cl)c(C2CNCCO2)c1O. The van der Waals surface area contributed by atoms with E-state index in [1.165, 1.54) is 0 Å². The molecule has 0 aromatic heterocycles. The number of halogens is 1. The number of morpholine rings is 1. The van der Waals surface area contributed by atoms with Crippen LogP contribution in [0.1, 0.15) is 17.2 Å². The van der Waals surface area contributed by atoms with Crippen molar-refractivity contribution in [3.8, 4) is 5.75 Å². The molecular weight excluding hydrogens is 214 g/mol. The first-order chi connectivity index (χ1) is 7.20. The fraction of sp³-hybridized carbons (Fsp3) is 0.455. The molecule has 4 heteroatoms. The highest BCUT2D eigenvalue weighted by atomic mass is 35.5. The maximum atomic E-state index is 9.94. The molecule has 0 saturated carbocycles.